The average Bonchev–Trinajstić information content (AvgIpc) is 2.59. The van der Waals surface area contributed by atoms with E-state index in [2.05, 4.69) is 22.0 Å². The van der Waals surface area contributed by atoms with Crippen molar-refractivity contribution in [1.29, 1.82) is 0 Å². The molecule has 0 fully saturated rings. The fourth-order valence-electron chi connectivity index (χ4n) is 3.30. The van der Waals surface area contributed by atoms with Crippen LogP contribution in [0.5, 0.6) is 5.75 Å². The maximum absolute atomic E-state index is 13.1. The number of rotatable bonds is 2. The topological polar surface area (TPSA) is 38.8 Å². The second kappa shape index (κ2) is 7.31. The number of amides is 1. The molecule has 3 rings (SSSR count). The largest absolute Gasteiger partial charge is 0.497 e. The van der Waals surface area contributed by atoms with E-state index in [4.69, 9.17) is 9.47 Å². The molecule has 1 heterocycles. The van der Waals surface area contributed by atoms with E-state index < -0.39 is 5.60 Å². The predicted molar refractivity (Wildman–Crippen MR) is 107 cm³/mol. The van der Waals surface area contributed by atoms with Crippen molar-refractivity contribution in [3.8, 4) is 5.75 Å². The lowest BCUT2D eigenvalue weighted by Crippen LogP contribution is -2.42. The smallest absolute Gasteiger partial charge is 0.415 e. The van der Waals surface area contributed by atoms with E-state index in [9.17, 15) is 4.79 Å². The summed E-state index contributed by atoms with van der Waals surface area (Å²) in [5.74, 6) is 0.782. The molecular weight excluding hydrogens is 394 g/mol. The summed E-state index contributed by atoms with van der Waals surface area (Å²) in [5, 5.41) is 0. The van der Waals surface area contributed by atoms with E-state index in [-0.39, 0.29) is 12.1 Å². The van der Waals surface area contributed by atoms with Crippen LogP contribution in [0.2, 0.25) is 0 Å². The molecule has 0 aliphatic carbocycles. The molecule has 26 heavy (non-hydrogen) atoms. The average molecular weight is 418 g/mol. The molecule has 1 aliphatic heterocycles. The van der Waals surface area contributed by atoms with Gasteiger partial charge in [0.05, 0.1) is 18.8 Å². The molecule has 1 atom stereocenters. The number of hydrogen-bond acceptors (Lipinski definition) is 3. The quantitative estimate of drug-likeness (QED) is 0.611. The molecule has 1 aliphatic rings. The molecule has 0 spiro atoms. The van der Waals surface area contributed by atoms with Crippen molar-refractivity contribution in [2.75, 3.05) is 12.0 Å². The number of para-hydroxylation sites is 1. The molecule has 0 bridgehead atoms. The van der Waals surface area contributed by atoms with Crippen molar-refractivity contribution in [3.05, 3.63) is 58.1 Å². The minimum absolute atomic E-state index is 0.105. The fraction of sp³-hybridized carbons (Fsp3) is 0.381. The molecule has 0 saturated heterocycles. The van der Waals surface area contributed by atoms with Gasteiger partial charge in [0, 0.05) is 4.47 Å². The summed E-state index contributed by atoms with van der Waals surface area (Å²) in [6, 6.07) is 13.8. The zero-order chi connectivity index (χ0) is 18.9. The zero-order valence-corrected chi connectivity index (χ0v) is 17.2. The monoisotopic (exact) mass is 417 g/mol. The highest BCUT2D eigenvalue weighted by molar-refractivity contribution is 9.10. The van der Waals surface area contributed by atoms with E-state index in [0.29, 0.717) is 0 Å². The van der Waals surface area contributed by atoms with Gasteiger partial charge in [-0.1, -0.05) is 24.3 Å². The van der Waals surface area contributed by atoms with Crippen molar-refractivity contribution in [3.63, 3.8) is 0 Å². The van der Waals surface area contributed by atoms with Crippen molar-refractivity contribution < 1.29 is 14.3 Å². The Bertz CT molecular complexity index is 813. The molecule has 4 nitrogen and oxygen atoms in total. The summed E-state index contributed by atoms with van der Waals surface area (Å²) < 4.78 is 12.0. The molecule has 0 aromatic heterocycles. The van der Waals surface area contributed by atoms with Gasteiger partial charge in [-0.15, -0.1) is 0 Å². The van der Waals surface area contributed by atoms with Gasteiger partial charge in [0.1, 0.15) is 11.4 Å². The number of aryl methyl sites for hydroxylation is 1. The third-order valence-corrected chi connectivity index (χ3v) is 5.02. The van der Waals surface area contributed by atoms with Crippen LogP contribution in [-0.4, -0.2) is 18.8 Å². The Morgan fingerprint density at radius 3 is 2.62 bits per heavy atom. The number of carbonyl (C=O) groups is 1. The molecular formula is C21H24BrNO3. The lowest BCUT2D eigenvalue weighted by Gasteiger charge is -2.39. The highest BCUT2D eigenvalue weighted by Crippen LogP contribution is 2.43. The highest BCUT2D eigenvalue weighted by Gasteiger charge is 2.36. The van der Waals surface area contributed by atoms with Gasteiger partial charge < -0.3 is 9.47 Å². The second-order valence-corrected chi connectivity index (χ2v) is 8.28. The van der Waals surface area contributed by atoms with Crippen LogP contribution in [0.1, 0.15) is 44.4 Å². The minimum Gasteiger partial charge on any atom is -0.497 e. The molecule has 1 unspecified atom stereocenters. The van der Waals surface area contributed by atoms with Crippen molar-refractivity contribution in [1.82, 2.24) is 0 Å². The number of benzene rings is 2. The van der Waals surface area contributed by atoms with Crippen LogP contribution in [0.25, 0.3) is 0 Å². The van der Waals surface area contributed by atoms with Crippen LogP contribution < -0.4 is 9.64 Å². The SMILES string of the molecule is COc1cccc(C2CCc3cccc(Br)c3N2C(=O)OC(C)(C)C)c1. The van der Waals surface area contributed by atoms with Gasteiger partial charge in [0.25, 0.3) is 0 Å². The Morgan fingerprint density at radius 2 is 1.92 bits per heavy atom. The predicted octanol–water partition coefficient (Wildman–Crippen LogP) is 5.89. The molecule has 138 valence electrons. The molecule has 2 aromatic rings. The van der Waals surface area contributed by atoms with Crippen LogP contribution in [0.3, 0.4) is 0 Å². The summed E-state index contributed by atoms with van der Waals surface area (Å²) >= 11 is 3.62. The number of anilines is 1. The third kappa shape index (κ3) is 3.88. The molecule has 1 amide bonds. The summed E-state index contributed by atoms with van der Waals surface area (Å²) in [5.41, 5.74) is 2.51. The standard InChI is InChI=1S/C21H24BrNO3/c1-21(2,3)26-20(24)23-18(15-8-5-9-16(13-15)25-4)12-11-14-7-6-10-17(22)19(14)23/h5-10,13,18H,11-12H2,1-4H3. The summed E-state index contributed by atoms with van der Waals surface area (Å²) in [6.45, 7) is 5.66. The number of halogens is 1. The Balaban J connectivity index is 2.08. The molecule has 0 N–H and O–H groups in total. The van der Waals surface area contributed by atoms with Crippen LogP contribution in [0.4, 0.5) is 10.5 Å². The number of carbonyl (C=O) groups excluding carboxylic acids is 1. The van der Waals surface area contributed by atoms with Crippen LogP contribution in [-0.2, 0) is 11.2 Å². The van der Waals surface area contributed by atoms with Crippen molar-refractivity contribution >= 4 is 27.7 Å². The summed E-state index contributed by atoms with van der Waals surface area (Å²) in [4.78, 5) is 14.9. The molecule has 0 saturated carbocycles. The van der Waals surface area contributed by atoms with Gasteiger partial charge in [0.15, 0.2) is 0 Å². The Morgan fingerprint density at radius 1 is 1.19 bits per heavy atom. The number of hydrogen-bond donors (Lipinski definition) is 0. The maximum atomic E-state index is 13.1. The van der Waals surface area contributed by atoms with E-state index in [1.807, 2.05) is 57.2 Å². The van der Waals surface area contributed by atoms with Crippen LogP contribution in [0, 0.1) is 0 Å². The lowest BCUT2D eigenvalue weighted by atomic mass is 9.91. The van der Waals surface area contributed by atoms with Crippen molar-refractivity contribution in [2.45, 2.75) is 45.3 Å². The first-order valence-corrected chi connectivity index (χ1v) is 9.53. The minimum atomic E-state index is -0.561. The maximum Gasteiger partial charge on any atom is 0.415 e. The second-order valence-electron chi connectivity index (χ2n) is 7.43. The van der Waals surface area contributed by atoms with Gasteiger partial charge in [0.2, 0.25) is 0 Å². The van der Waals surface area contributed by atoms with Crippen LogP contribution in [0.15, 0.2) is 46.9 Å². The molecule has 0 radical (unpaired) electrons. The van der Waals surface area contributed by atoms with E-state index in [1.54, 1.807) is 12.0 Å². The molecule has 5 heteroatoms. The highest BCUT2D eigenvalue weighted by atomic mass is 79.9. The van der Waals surface area contributed by atoms with Crippen LogP contribution >= 0.6 is 15.9 Å². The first-order valence-electron chi connectivity index (χ1n) is 8.74. The van der Waals surface area contributed by atoms with E-state index in [0.717, 1.165) is 39.9 Å². The number of nitrogens with zero attached hydrogens (tertiary/aromatic N) is 1. The Labute approximate surface area is 163 Å². The molecule has 2 aromatic carbocycles. The third-order valence-electron chi connectivity index (χ3n) is 4.38. The number of methoxy groups -OCH3 is 1. The van der Waals surface area contributed by atoms with E-state index in [1.165, 1.54) is 0 Å². The zero-order valence-electron chi connectivity index (χ0n) is 15.6. The van der Waals surface area contributed by atoms with Gasteiger partial charge in [-0.3, -0.25) is 4.90 Å². The number of fused-ring (bicyclic) bond motifs is 1. The first kappa shape index (κ1) is 18.8. The fourth-order valence-corrected chi connectivity index (χ4v) is 3.90. The summed E-state index contributed by atoms with van der Waals surface area (Å²) in [7, 11) is 1.65. The van der Waals surface area contributed by atoms with Gasteiger partial charge in [-0.05, 0) is 78.9 Å². The Kier molecular flexibility index (Phi) is 5.28. The first-order chi connectivity index (χ1) is 12.3. The Hall–Kier alpha value is -2.01. The summed E-state index contributed by atoms with van der Waals surface area (Å²) in [6.07, 6.45) is 1.39. The number of ether oxygens (including phenoxy) is 2. The van der Waals surface area contributed by atoms with Gasteiger partial charge in [-0.25, -0.2) is 4.79 Å². The normalized spacial score (nSPS) is 16.8. The van der Waals surface area contributed by atoms with Gasteiger partial charge in [-0.2, -0.15) is 0 Å². The van der Waals surface area contributed by atoms with Gasteiger partial charge >= 0.3 is 6.09 Å². The lowest BCUT2D eigenvalue weighted by molar-refractivity contribution is 0.0559. The van der Waals surface area contributed by atoms with Crippen molar-refractivity contribution in [2.24, 2.45) is 0 Å². The van der Waals surface area contributed by atoms with E-state index >= 15 is 0 Å².